The van der Waals surface area contributed by atoms with Crippen LogP contribution in [0.3, 0.4) is 0 Å². The first-order chi connectivity index (χ1) is 12.6. The third kappa shape index (κ3) is 4.27. The summed E-state index contributed by atoms with van der Waals surface area (Å²) in [6.45, 7) is 1.46. The van der Waals surface area contributed by atoms with Crippen LogP contribution in [0.5, 0.6) is 0 Å². The fourth-order valence-corrected chi connectivity index (χ4v) is 4.19. The van der Waals surface area contributed by atoms with Crippen LogP contribution >= 0.6 is 11.8 Å². The quantitative estimate of drug-likeness (QED) is 0.791. The molecular weight excluding hydrogens is 352 g/mol. The summed E-state index contributed by atoms with van der Waals surface area (Å²) >= 11 is 1.84. The number of thioether (sulfide) groups is 1. The van der Waals surface area contributed by atoms with Crippen molar-refractivity contribution in [3.05, 3.63) is 42.0 Å². The molecule has 138 valence electrons. The second kappa shape index (κ2) is 8.40. The fraction of sp³-hybridized carbons (Fsp3) is 0.421. The second-order valence-corrected chi connectivity index (χ2v) is 7.69. The van der Waals surface area contributed by atoms with Crippen LogP contribution in [0.2, 0.25) is 0 Å². The Morgan fingerprint density at radius 2 is 1.77 bits per heavy atom. The minimum Gasteiger partial charge on any atom is -0.481 e. The van der Waals surface area contributed by atoms with Crippen molar-refractivity contribution < 1.29 is 19.5 Å². The number of hydrogen-bond acceptors (Lipinski definition) is 4. The maximum absolute atomic E-state index is 12.6. The van der Waals surface area contributed by atoms with Crippen LogP contribution in [0.15, 0.2) is 36.4 Å². The van der Waals surface area contributed by atoms with Crippen molar-refractivity contribution >= 4 is 35.2 Å². The zero-order chi connectivity index (χ0) is 18.5. The van der Waals surface area contributed by atoms with Gasteiger partial charge in [-0.05, 0) is 31.0 Å². The average Bonchev–Trinajstić information content (AvgIpc) is 2.68. The Hall–Kier alpha value is -2.28. The highest BCUT2D eigenvalue weighted by atomic mass is 32.2. The predicted molar refractivity (Wildman–Crippen MR) is 101 cm³/mol. The molecule has 0 radical (unpaired) electrons. The number of carboxylic acids is 1. The van der Waals surface area contributed by atoms with E-state index in [-0.39, 0.29) is 11.8 Å². The number of anilines is 1. The van der Waals surface area contributed by atoms with Gasteiger partial charge in [0, 0.05) is 35.8 Å². The zero-order valence-electron chi connectivity index (χ0n) is 14.4. The molecule has 2 amide bonds. The molecule has 1 aromatic rings. The topological polar surface area (TPSA) is 86.7 Å². The van der Waals surface area contributed by atoms with Gasteiger partial charge in [-0.2, -0.15) is 11.8 Å². The van der Waals surface area contributed by atoms with Crippen molar-refractivity contribution in [1.82, 2.24) is 4.90 Å². The number of carbonyl (C=O) groups excluding carboxylic acids is 2. The normalized spacial score (nSPS) is 22.7. The summed E-state index contributed by atoms with van der Waals surface area (Å²) in [5, 5.41) is 12.1. The Balaban J connectivity index is 1.70. The smallest absolute Gasteiger partial charge is 0.307 e. The first-order valence-corrected chi connectivity index (χ1v) is 9.87. The molecule has 1 aromatic carbocycles. The Kier molecular flexibility index (Phi) is 5.98. The largest absolute Gasteiger partial charge is 0.481 e. The lowest BCUT2D eigenvalue weighted by Gasteiger charge is -2.27. The van der Waals surface area contributed by atoms with Gasteiger partial charge in [0.05, 0.1) is 11.8 Å². The third-order valence-electron chi connectivity index (χ3n) is 4.76. The van der Waals surface area contributed by atoms with Crippen LogP contribution in [0, 0.1) is 11.8 Å². The molecule has 7 heteroatoms. The number of nitrogens with one attached hydrogen (secondary N) is 1. The van der Waals surface area contributed by atoms with Crippen LogP contribution in [0.4, 0.5) is 5.69 Å². The van der Waals surface area contributed by atoms with E-state index in [9.17, 15) is 19.5 Å². The lowest BCUT2D eigenvalue weighted by Crippen LogP contribution is -2.38. The Morgan fingerprint density at radius 1 is 1.08 bits per heavy atom. The highest BCUT2D eigenvalue weighted by Gasteiger charge is 2.34. The van der Waals surface area contributed by atoms with Gasteiger partial charge < -0.3 is 15.3 Å². The summed E-state index contributed by atoms with van der Waals surface area (Å²) in [5.74, 6) is -0.749. The molecule has 2 aliphatic rings. The van der Waals surface area contributed by atoms with Gasteiger partial charge in [0.1, 0.15) is 0 Å². The highest BCUT2D eigenvalue weighted by Crippen LogP contribution is 2.27. The number of carbonyl (C=O) groups is 3. The van der Waals surface area contributed by atoms with Gasteiger partial charge in [-0.3, -0.25) is 14.4 Å². The number of amides is 2. The SMILES string of the molecule is O=C(O)C1CC=CCC1C(=O)Nc1cccc(C(=O)N2CCSCC2)c1. The maximum atomic E-state index is 12.6. The van der Waals surface area contributed by atoms with Gasteiger partial charge in [-0.15, -0.1) is 0 Å². The molecule has 3 rings (SSSR count). The summed E-state index contributed by atoms with van der Waals surface area (Å²) in [7, 11) is 0. The fourth-order valence-electron chi connectivity index (χ4n) is 3.29. The molecule has 2 N–H and O–H groups in total. The predicted octanol–water partition coefficient (Wildman–Crippen LogP) is 2.48. The van der Waals surface area contributed by atoms with E-state index in [0.717, 1.165) is 24.6 Å². The molecule has 2 unspecified atom stereocenters. The Labute approximate surface area is 156 Å². The van der Waals surface area contributed by atoms with E-state index in [1.807, 2.05) is 22.7 Å². The molecule has 6 nitrogen and oxygen atoms in total. The van der Waals surface area contributed by atoms with Gasteiger partial charge in [-0.1, -0.05) is 18.2 Å². The van der Waals surface area contributed by atoms with Crippen molar-refractivity contribution in [2.75, 3.05) is 29.9 Å². The molecule has 0 aromatic heterocycles. The van der Waals surface area contributed by atoms with Crippen molar-refractivity contribution in [3.63, 3.8) is 0 Å². The number of nitrogens with zero attached hydrogens (tertiary/aromatic N) is 1. The van der Waals surface area contributed by atoms with E-state index in [1.54, 1.807) is 30.3 Å². The van der Waals surface area contributed by atoms with E-state index in [1.165, 1.54) is 0 Å². The van der Waals surface area contributed by atoms with E-state index in [0.29, 0.717) is 24.1 Å². The van der Waals surface area contributed by atoms with Gasteiger partial charge in [0.15, 0.2) is 0 Å². The lowest BCUT2D eigenvalue weighted by molar-refractivity contribution is -0.146. The third-order valence-corrected chi connectivity index (χ3v) is 5.70. The monoisotopic (exact) mass is 374 g/mol. The van der Waals surface area contributed by atoms with E-state index in [4.69, 9.17) is 0 Å². The first kappa shape index (κ1) is 18.5. The number of hydrogen-bond donors (Lipinski definition) is 2. The van der Waals surface area contributed by atoms with Gasteiger partial charge in [0.25, 0.3) is 5.91 Å². The summed E-state index contributed by atoms with van der Waals surface area (Å²) in [6, 6.07) is 6.85. The standard InChI is InChI=1S/C19H22N2O4S/c22-17(15-6-1-2-7-16(15)19(24)25)20-14-5-3-4-13(12-14)18(23)21-8-10-26-11-9-21/h1-5,12,15-16H,6-11H2,(H,20,22)(H,24,25). The van der Waals surface area contributed by atoms with Crippen molar-refractivity contribution in [2.45, 2.75) is 12.8 Å². The maximum Gasteiger partial charge on any atom is 0.307 e. The van der Waals surface area contributed by atoms with Crippen LogP contribution in [0.25, 0.3) is 0 Å². The van der Waals surface area contributed by atoms with E-state index >= 15 is 0 Å². The Bertz CT molecular complexity index is 728. The number of benzene rings is 1. The summed E-state index contributed by atoms with van der Waals surface area (Å²) in [4.78, 5) is 38.4. The molecule has 1 aliphatic heterocycles. The molecule has 1 heterocycles. The number of aliphatic carboxylic acids is 1. The van der Waals surface area contributed by atoms with E-state index in [2.05, 4.69) is 5.32 Å². The summed E-state index contributed by atoms with van der Waals surface area (Å²) in [6.07, 6.45) is 4.42. The van der Waals surface area contributed by atoms with E-state index < -0.39 is 17.8 Å². The zero-order valence-corrected chi connectivity index (χ0v) is 15.2. The van der Waals surface area contributed by atoms with Crippen LogP contribution in [0.1, 0.15) is 23.2 Å². The van der Waals surface area contributed by atoms with Crippen molar-refractivity contribution in [1.29, 1.82) is 0 Å². The van der Waals surface area contributed by atoms with Gasteiger partial charge in [-0.25, -0.2) is 0 Å². The molecule has 0 saturated carbocycles. The molecule has 1 fully saturated rings. The summed E-state index contributed by atoms with van der Waals surface area (Å²) in [5.41, 5.74) is 1.05. The van der Waals surface area contributed by atoms with Gasteiger partial charge >= 0.3 is 5.97 Å². The molecule has 0 spiro atoms. The van der Waals surface area contributed by atoms with Crippen LogP contribution < -0.4 is 5.32 Å². The first-order valence-electron chi connectivity index (χ1n) is 8.72. The average molecular weight is 374 g/mol. The molecule has 2 atom stereocenters. The highest BCUT2D eigenvalue weighted by molar-refractivity contribution is 7.99. The molecule has 0 bridgehead atoms. The number of carboxylic acid groups (broad SMARTS) is 1. The van der Waals surface area contributed by atoms with Crippen LogP contribution in [-0.4, -0.2) is 52.4 Å². The minimum atomic E-state index is -0.957. The molecular formula is C19H22N2O4S. The van der Waals surface area contributed by atoms with Crippen molar-refractivity contribution in [3.8, 4) is 0 Å². The number of allylic oxidation sites excluding steroid dienone is 2. The minimum absolute atomic E-state index is 0.0367. The Morgan fingerprint density at radius 3 is 2.46 bits per heavy atom. The molecule has 1 aliphatic carbocycles. The molecule has 26 heavy (non-hydrogen) atoms. The second-order valence-electron chi connectivity index (χ2n) is 6.47. The van der Waals surface area contributed by atoms with Crippen LogP contribution in [-0.2, 0) is 9.59 Å². The number of rotatable bonds is 4. The lowest BCUT2D eigenvalue weighted by atomic mass is 9.82. The van der Waals surface area contributed by atoms with Gasteiger partial charge in [0.2, 0.25) is 5.91 Å². The molecule has 1 saturated heterocycles. The summed E-state index contributed by atoms with van der Waals surface area (Å²) < 4.78 is 0. The van der Waals surface area contributed by atoms with Crippen molar-refractivity contribution in [2.24, 2.45) is 11.8 Å².